The van der Waals surface area contributed by atoms with Crippen molar-refractivity contribution in [2.45, 2.75) is 17.7 Å². The van der Waals surface area contributed by atoms with Crippen molar-refractivity contribution in [2.24, 2.45) is 0 Å². The summed E-state index contributed by atoms with van der Waals surface area (Å²) in [5.41, 5.74) is 2.40. The number of likely N-dealkylation sites (tertiary alicyclic amines) is 1. The van der Waals surface area contributed by atoms with Gasteiger partial charge in [-0.25, -0.2) is 18.2 Å². The molecule has 0 bridgehead atoms. The molecule has 8 nitrogen and oxygen atoms in total. The van der Waals surface area contributed by atoms with Crippen LogP contribution in [0, 0.1) is 0 Å². The van der Waals surface area contributed by atoms with Crippen molar-refractivity contribution in [3.8, 4) is 11.1 Å². The minimum Gasteiger partial charge on any atom is -0.341 e. The second kappa shape index (κ2) is 8.64. The maximum Gasteiger partial charge on any atom is 0.321 e. The molecule has 31 heavy (non-hydrogen) atoms. The van der Waals surface area contributed by atoms with Gasteiger partial charge in [-0.05, 0) is 41.8 Å². The van der Waals surface area contributed by atoms with Crippen LogP contribution in [0.5, 0.6) is 0 Å². The van der Waals surface area contributed by atoms with Crippen molar-refractivity contribution in [2.75, 3.05) is 31.2 Å². The largest absolute Gasteiger partial charge is 0.341 e. The van der Waals surface area contributed by atoms with Gasteiger partial charge in [0.05, 0.1) is 15.1 Å². The lowest BCUT2D eigenvalue weighted by atomic mass is 10.1. The van der Waals surface area contributed by atoms with Crippen LogP contribution in [0.2, 0.25) is 0 Å². The van der Waals surface area contributed by atoms with Gasteiger partial charge in [-0.15, -0.1) is 0 Å². The highest BCUT2D eigenvalue weighted by Crippen LogP contribution is 2.31. The van der Waals surface area contributed by atoms with Crippen LogP contribution in [-0.4, -0.2) is 56.1 Å². The number of carbonyl (C=O) groups is 2. The van der Waals surface area contributed by atoms with E-state index in [4.69, 9.17) is 0 Å². The third kappa shape index (κ3) is 5.02. The van der Waals surface area contributed by atoms with Crippen molar-refractivity contribution in [3.63, 3.8) is 0 Å². The number of hydrogen-bond acceptors (Lipinski definition) is 6. The number of nitrogens with zero attached hydrogens (tertiary/aromatic N) is 2. The molecule has 0 atom stereocenters. The Morgan fingerprint density at radius 2 is 2.00 bits per heavy atom. The van der Waals surface area contributed by atoms with Crippen LogP contribution in [0.25, 0.3) is 21.3 Å². The number of benzene rings is 2. The van der Waals surface area contributed by atoms with E-state index in [1.807, 2.05) is 24.3 Å². The van der Waals surface area contributed by atoms with Gasteiger partial charge >= 0.3 is 6.03 Å². The number of sulfone groups is 1. The van der Waals surface area contributed by atoms with Crippen molar-refractivity contribution in [3.05, 3.63) is 42.5 Å². The van der Waals surface area contributed by atoms with Crippen molar-refractivity contribution >= 4 is 48.5 Å². The van der Waals surface area contributed by atoms with E-state index < -0.39 is 9.84 Å². The number of amides is 3. The highest BCUT2D eigenvalue weighted by Gasteiger charge is 2.19. The summed E-state index contributed by atoms with van der Waals surface area (Å²) in [7, 11) is -3.29. The summed E-state index contributed by atoms with van der Waals surface area (Å²) in [5, 5.41) is 5.94. The molecule has 2 aromatic carbocycles. The summed E-state index contributed by atoms with van der Waals surface area (Å²) in [4.78, 5) is 30.2. The summed E-state index contributed by atoms with van der Waals surface area (Å²) in [6.45, 7) is 1.63. The molecule has 1 saturated heterocycles. The molecule has 1 aliphatic heterocycles. The van der Waals surface area contributed by atoms with Gasteiger partial charge in [0.2, 0.25) is 5.91 Å². The van der Waals surface area contributed by atoms with Crippen LogP contribution in [0.4, 0.5) is 9.93 Å². The van der Waals surface area contributed by atoms with Gasteiger partial charge in [-0.2, -0.15) is 0 Å². The molecular formula is C21H22N4O4S2. The number of nitrogens with one attached hydrogen (secondary N) is 2. The van der Waals surface area contributed by atoms with E-state index in [1.165, 1.54) is 17.6 Å². The van der Waals surface area contributed by atoms with Gasteiger partial charge in [-0.3, -0.25) is 10.1 Å². The molecule has 2 heterocycles. The van der Waals surface area contributed by atoms with Gasteiger partial charge < -0.3 is 10.2 Å². The number of carbonyl (C=O) groups excluding carboxylic acids is 2. The first kappa shape index (κ1) is 21.3. The lowest BCUT2D eigenvalue weighted by Crippen LogP contribution is -2.37. The van der Waals surface area contributed by atoms with E-state index in [9.17, 15) is 18.0 Å². The maximum absolute atomic E-state index is 12.1. The maximum atomic E-state index is 12.1. The van der Waals surface area contributed by atoms with E-state index in [2.05, 4.69) is 15.6 Å². The first-order chi connectivity index (χ1) is 14.8. The van der Waals surface area contributed by atoms with Crippen LogP contribution in [-0.2, 0) is 14.6 Å². The fourth-order valence-electron chi connectivity index (χ4n) is 3.45. The van der Waals surface area contributed by atoms with Crippen LogP contribution in [0.15, 0.2) is 47.4 Å². The molecule has 0 radical (unpaired) electrons. The SMILES string of the molecule is CS(=O)(=O)c1cccc(-c2ccc3nc(NC(=O)NCCN4CCCC4=O)sc3c2)c1. The van der Waals surface area contributed by atoms with Gasteiger partial charge in [0, 0.05) is 32.3 Å². The molecule has 1 aromatic heterocycles. The molecule has 0 saturated carbocycles. The zero-order valence-corrected chi connectivity index (χ0v) is 18.6. The Morgan fingerprint density at radius 3 is 2.74 bits per heavy atom. The third-order valence-electron chi connectivity index (χ3n) is 5.04. The second-order valence-electron chi connectivity index (χ2n) is 7.37. The zero-order chi connectivity index (χ0) is 22.0. The summed E-state index contributed by atoms with van der Waals surface area (Å²) >= 11 is 1.34. The van der Waals surface area contributed by atoms with E-state index in [0.29, 0.717) is 24.6 Å². The highest BCUT2D eigenvalue weighted by molar-refractivity contribution is 7.90. The van der Waals surface area contributed by atoms with Crippen LogP contribution in [0.3, 0.4) is 0 Å². The monoisotopic (exact) mass is 458 g/mol. The molecule has 4 rings (SSSR count). The summed E-state index contributed by atoms with van der Waals surface area (Å²) in [5.74, 6) is 0.131. The van der Waals surface area contributed by atoms with Crippen LogP contribution < -0.4 is 10.6 Å². The van der Waals surface area contributed by atoms with Crippen molar-refractivity contribution in [1.82, 2.24) is 15.2 Å². The Bertz CT molecular complexity index is 1250. The average Bonchev–Trinajstić information content (AvgIpc) is 3.32. The quantitative estimate of drug-likeness (QED) is 0.590. The van der Waals surface area contributed by atoms with Gasteiger partial charge in [-0.1, -0.05) is 29.5 Å². The first-order valence-corrected chi connectivity index (χ1v) is 12.5. The molecule has 1 fully saturated rings. The van der Waals surface area contributed by atoms with E-state index >= 15 is 0 Å². The molecule has 0 spiro atoms. The van der Waals surface area contributed by atoms with Crippen molar-refractivity contribution < 1.29 is 18.0 Å². The Labute approximate surface area is 184 Å². The molecule has 2 N–H and O–H groups in total. The van der Waals surface area contributed by atoms with Gasteiger partial charge in [0.1, 0.15) is 0 Å². The topological polar surface area (TPSA) is 108 Å². The lowest BCUT2D eigenvalue weighted by molar-refractivity contribution is -0.127. The molecule has 1 aliphatic rings. The van der Waals surface area contributed by atoms with Crippen LogP contribution >= 0.6 is 11.3 Å². The second-order valence-corrected chi connectivity index (χ2v) is 10.4. The Hall–Kier alpha value is -2.98. The highest BCUT2D eigenvalue weighted by atomic mass is 32.2. The molecular weight excluding hydrogens is 436 g/mol. The molecule has 0 unspecified atom stereocenters. The fourth-order valence-corrected chi connectivity index (χ4v) is 5.02. The predicted molar refractivity (Wildman–Crippen MR) is 121 cm³/mol. The normalized spacial score (nSPS) is 14.2. The Kier molecular flexibility index (Phi) is 5.92. The number of aromatic nitrogens is 1. The number of fused-ring (bicyclic) bond motifs is 1. The Balaban J connectivity index is 1.43. The Morgan fingerprint density at radius 1 is 1.19 bits per heavy atom. The molecule has 3 amide bonds. The smallest absolute Gasteiger partial charge is 0.321 e. The fraction of sp³-hybridized carbons (Fsp3) is 0.286. The van der Waals surface area contributed by atoms with Crippen molar-refractivity contribution in [1.29, 1.82) is 0 Å². The number of anilines is 1. The number of hydrogen-bond donors (Lipinski definition) is 2. The van der Waals surface area contributed by atoms with Crippen LogP contribution in [0.1, 0.15) is 12.8 Å². The standard InChI is InChI=1S/C21H22N4O4S2/c1-31(28,29)16-5-2-4-14(12-16)15-7-8-17-18(13-15)30-21(23-17)24-20(27)22-9-11-25-10-3-6-19(25)26/h2,4-5,7-8,12-13H,3,6,9-11H2,1H3,(H2,22,23,24,27). The number of thiazole rings is 1. The minimum atomic E-state index is -3.29. The first-order valence-electron chi connectivity index (χ1n) is 9.83. The summed E-state index contributed by atoms with van der Waals surface area (Å²) in [6, 6.07) is 12.1. The molecule has 3 aromatic rings. The summed E-state index contributed by atoms with van der Waals surface area (Å²) in [6.07, 6.45) is 2.64. The number of rotatable bonds is 6. The average molecular weight is 459 g/mol. The van der Waals surface area contributed by atoms with E-state index in [0.717, 1.165) is 34.3 Å². The molecule has 10 heteroatoms. The zero-order valence-electron chi connectivity index (χ0n) is 16.9. The van der Waals surface area contributed by atoms with E-state index in [-0.39, 0.29) is 16.8 Å². The number of urea groups is 1. The van der Waals surface area contributed by atoms with Gasteiger partial charge in [0.15, 0.2) is 15.0 Å². The lowest BCUT2D eigenvalue weighted by Gasteiger charge is -2.15. The predicted octanol–water partition coefficient (Wildman–Crippen LogP) is 3.11. The summed E-state index contributed by atoms with van der Waals surface area (Å²) < 4.78 is 24.5. The molecule has 0 aliphatic carbocycles. The van der Waals surface area contributed by atoms with Gasteiger partial charge in [0.25, 0.3) is 0 Å². The minimum absolute atomic E-state index is 0.131. The van der Waals surface area contributed by atoms with E-state index in [1.54, 1.807) is 23.1 Å². The molecule has 162 valence electrons. The third-order valence-corrected chi connectivity index (χ3v) is 7.09.